The molecule has 0 bridgehead atoms. The van der Waals surface area contributed by atoms with Crippen LogP contribution in [0, 0.1) is 0 Å². The first kappa shape index (κ1) is 15.4. The van der Waals surface area contributed by atoms with Crippen LogP contribution in [0.3, 0.4) is 0 Å². The maximum absolute atomic E-state index is 6.21. The van der Waals surface area contributed by atoms with E-state index >= 15 is 0 Å². The Bertz CT molecular complexity index is 227. The van der Waals surface area contributed by atoms with Gasteiger partial charge in [-0.15, -0.1) is 6.58 Å². The molecule has 0 aromatic heterocycles. The van der Waals surface area contributed by atoms with E-state index in [4.69, 9.17) is 4.43 Å². The minimum atomic E-state index is -0.770. The van der Waals surface area contributed by atoms with E-state index in [1.165, 1.54) is 0 Å². The molecule has 0 fully saturated rings. The first-order valence-electron chi connectivity index (χ1n) is 5.92. The Morgan fingerprint density at radius 2 is 1.62 bits per heavy atom. The first-order chi connectivity index (χ1) is 7.55. The zero-order chi connectivity index (χ0) is 12.4. The van der Waals surface area contributed by atoms with E-state index in [-0.39, 0.29) is 5.60 Å². The smallest absolute Gasteiger partial charge is 0.219 e. The number of hydrogen-bond acceptors (Lipinski definition) is 1. The molecule has 0 saturated heterocycles. The van der Waals surface area contributed by atoms with Crippen molar-refractivity contribution in [2.45, 2.75) is 51.8 Å². The van der Waals surface area contributed by atoms with Gasteiger partial charge in [-0.3, -0.25) is 0 Å². The van der Waals surface area contributed by atoms with E-state index in [9.17, 15) is 0 Å². The molecule has 1 radical (unpaired) electrons. The summed E-state index contributed by atoms with van der Waals surface area (Å²) < 4.78 is 6.21. The van der Waals surface area contributed by atoms with Gasteiger partial charge in [0.15, 0.2) is 0 Å². The van der Waals surface area contributed by atoms with E-state index in [2.05, 4.69) is 58.6 Å². The second-order valence-electron chi connectivity index (χ2n) is 4.44. The third-order valence-electron chi connectivity index (χ3n) is 2.22. The van der Waals surface area contributed by atoms with Crippen LogP contribution in [-0.4, -0.2) is 14.6 Å². The van der Waals surface area contributed by atoms with Crippen molar-refractivity contribution in [3.8, 4) is 0 Å². The summed E-state index contributed by atoms with van der Waals surface area (Å²) in [5.74, 6) is 0. The van der Waals surface area contributed by atoms with Crippen molar-refractivity contribution in [3.05, 3.63) is 37.0 Å². The predicted octanol–water partition coefficient (Wildman–Crippen LogP) is 4.50. The van der Waals surface area contributed by atoms with Crippen molar-refractivity contribution in [1.82, 2.24) is 0 Å². The molecule has 91 valence electrons. The van der Waals surface area contributed by atoms with E-state index < -0.39 is 9.04 Å². The molecular weight excluding hydrogens is 212 g/mol. The summed E-state index contributed by atoms with van der Waals surface area (Å²) in [6.45, 7) is 12.2. The lowest BCUT2D eigenvalue weighted by Gasteiger charge is -2.28. The van der Waals surface area contributed by atoms with Crippen LogP contribution in [0.5, 0.6) is 0 Å². The highest BCUT2D eigenvalue weighted by atomic mass is 28.3. The zero-order valence-electron chi connectivity index (χ0n) is 11.1. The van der Waals surface area contributed by atoms with Gasteiger partial charge in [0.05, 0.1) is 5.60 Å². The fourth-order valence-corrected chi connectivity index (χ4v) is 3.64. The maximum atomic E-state index is 6.21. The topological polar surface area (TPSA) is 9.23 Å². The van der Waals surface area contributed by atoms with E-state index in [0.29, 0.717) is 0 Å². The van der Waals surface area contributed by atoms with Gasteiger partial charge in [0.2, 0.25) is 9.04 Å². The van der Waals surface area contributed by atoms with Gasteiger partial charge in [-0.1, -0.05) is 30.4 Å². The maximum Gasteiger partial charge on any atom is 0.219 e. The Labute approximate surface area is 103 Å². The van der Waals surface area contributed by atoms with Crippen molar-refractivity contribution in [3.63, 3.8) is 0 Å². The third kappa shape index (κ3) is 7.66. The summed E-state index contributed by atoms with van der Waals surface area (Å²) >= 11 is 0. The molecule has 0 amide bonds. The molecular formula is C14H25OSi. The molecule has 0 spiro atoms. The summed E-state index contributed by atoms with van der Waals surface area (Å²) in [6, 6.07) is 2.15. The molecule has 0 aliphatic heterocycles. The normalized spacial score (nSPS) is 13.1. The monoisotopic (exact) mass is 237 g/mol. The van der Waals surface area contributed by atoms with Crippen LogP contribution < -0.4 is 0 Å². The van der Waals surface area contributed by atoms with E-state index in [1.54, 1.807) is 0 Å². The molecule has 2 heteroatoms. The molecule has 0 aromatic rings. The fourth-order valence-electron chi connectivity index (χ4n) is 1.45. The minimum Gasteiger partial charge on any atom is -0.411 e. The molecule has 0 atom stereocenters. The summed E-state index contributed by atoms with van der Waals surface area (Å²) in [5, 5.41) is 0. The van der Waals surface area contributed by atoms with Crippen LogP contribution in [-0.2, 0) is 4.43 Å². The molecule has 0 unspecified atom stereocenters. The van der Waals surface area contributed by atoms with Crippen LogP contribution in [0.4, 0.5) is 0 Å². The average Bonchev–Trinajstić information content (AvgIpc) is 2.21. The molecule has 0 saturated carbocycles. The first-order valence-corrected chi connectivity index (χ1v) is 7.75. The van der Waals surface area contributed by atoms with Gasteiger partial charge < -0.3 is 4.43 Å². The Morgan fingerprint density at radius 1 is 1.12 bits per heavy atom. The highest BCUT2D eigenvalue weighted by Crippen LogP contribution is 2.19. The molecule has 0 aliphatic carbocycles. The molecule has 1 nitrogen and oxygen atoms in total. The van der Waals surface area contributed by atoms with Crippen molar-refractivity contribution >= 4 is 9.04 Å². The molecule has 0 rings (SSSR count). The van der Waals surface area contributed by atoms with Crippen molar-refractivity contribution in [1.29, 1.82) is 0 Å². The Balaban J connectivity index is 4.32. The minimum absolute atomic E-state index is 0.0702. The van der Waals surface area contributed by atoms with E-state index in [1.807, 2.05) is 6.08 Å². The number of rotatable bonds is 8. The lowest BCUT2D eigenvalue weighted by molar-refractivity contribution is 0.111. The van der Waals surface area contributed by atoms with Gasteiger partial charge in [0.25, 0.3) is 0 Å². The fraction of sp³-hybridized carbons (Fsp3) is 0.571. The van der Waals surface area contributed by atoms with Crippen LogP contribution in [0.25, 0.3) is 0 Å². The van der Waals surface area contributed by atoms with Crippen molar-refractivity contribution in [2.24, 2.45) is 0 Å². The van der Waals surface area contributed by atoms with Gasteiger partial charge in [0, 0.05) is 0 Å². The van der Waals surface area contributed by atoms with Crippen LogP contribution in [0.15, 0.2) is 37.0 Å². The lowest BCUT2D eigenvalue weighted by Crippen LogP contribution is -2.32. The molecule has 0 aromatic carbocycles. The average molecular weight is 237 g/mol. The van der Waals surface area contributed by atoms with Gasteiger partial charge in [0.1, 0.15) is 0 Å². The molecule has 16 heavy (non-hydrogen) atoms. The molecule has 0 N–H and O–H groups in total. The summed E-state index contributed by atoms with van der Waals surface area (Å²) in [7, 11) is -0.770. The van der Waals surface area contributed by atoms with Gasteiger partial charge in [-0.25, -0.2) is 0 Å². The Hall–Kier alpha value is -0.603. The van der Waals surface area contributed by atoms with Gasteiger partial charge in [-0.2, -0.15) is 0 Å². The summed E-state index contributed by atoms with van der Waals surface area (Å²) in [6.07, 6.45) is 11.5. The van der Waals surface area contributed by atoms with Gasteiger partial charge in [-0.05, 0) is 46.2 Å². The second kappa shape index (κ2) is 8.54. The Morgan fingerprint density at radius 3 is 2.00 bits per heavy atom. The SMILES string of the molecule is C=CCC(C)(C)O[Si](C/C=C\C)C/C=C\C. The summed E-state index contributed by atoms with van der Waals surface area (Å²) in [4.78, 5) is 0. The lowest BCUT2D eigenvalue weighted by atomic mass is 10.1. The number of allylic oxidation sites excluding steroid dienone is 4. The van der Waals surface area contributed by atoms with Crippen LogP contribution in [0.2, 0.25) is 12.1 Å². The quantitative estimate of drug-likeness (QED) is 0.446. The largest absolute Gasteiger partial charge is 0.411 e. The van der Waals surface area contributed by atoms with Crippen molar-refractivity contribution < 1.29 is 4.43 Å². The third-order valence-corrected chi connectivity index (χ3v) is 4.44. The highest BCUT2D eigenvalue weighted by Gasteiger charge is 2.22. The van der Waals surface area contributed by atoms with Gasteiger partial charge >= 0.3 is 0 Å². The van der Waals surface area contributed by atoms with E-state index in [0.717, 1.165) is 18.5 Å². The summed E-state index contributed by atoms with van der Waals surface area (Å²) in [5.41, 5.74) is -0.0702. The second-order valence-corrected chi connectivity index (χ2v) is 6.54. The highest BCUT2D eigenvalue weighted by molar-refractivity contribution is 6.53. The predicted molar refractivity (Wildman–Crippen MR) is 75.0 cm³/mol. The number of hydrogen-bond donors (Lipinski definition) is 0. The molecule has 0 aliphatic rings. The Kier molecular flexibility index (Phi) is 8.22. The zero-order valence-corrected chi connectivity index (χ0v) is 12.1. The standard InChI is InChI=1S/C14H25OSi/c1-6-9-12-16(13-10-7-2)15-14(4,5)11-8-3/h6-10H,3,11-13H2,1-2,4-5H3/b9-6-,10-7-. The van der Waals surface area contributed by atoms with Crippen LogP contribution in [0.1, 0.15) is 34.1 Å². The molecule has 0 heterocycles. The van der Waals surface area contributed by atoms with Crippen molar-refractivity contribution in [2.75, 3.05) is 0 Å². The van der Waals surface area contributed by atoms with Crippen LogP contribution >= 0.6 is 0 Å².